The van der Waals surface area contributed by atoms with Crippen LogP contribution in [0.15, 0.2) is 41.1 Å². The molecule has 1 heterocycles. The molecule has 1 aromatic heterocycles. The maximum atomic E-state index is 10.9. The van der Waals surface area contributed by atoms with Crippen LogP contribution in [-0.4, -0.2) is 4.98 Å². The van der Waals surface area contributed by atoms with Crippen molar-refractivity contribution in [1.82, 2.24) is 4.98 Å². The molecule has 59 valence electrons. The van der Waals surface area contributed by atoms with Crippen LogP contribution in [0.25, 0.3) is 11.5 Å². The first-order chi connectivity index (χ1) is 5.86. The highest BCUT2D eigenvalue weighted by Crippen LogP contribution is 2.21. The van der Waals surface area contributed by atoms with Gasteiger partial charge in [0.15, 0.2) is 5.75 Å². The predicted octanol–water partition coefficient (Wildman–Crippen LogP) is 2.49. The van der Waals surface area contributed by atoms with E-state index in [2.05, 4.69) is 4.98 Å². The van der Waals surface area contributed by atoms with Crippen LogP contribution in [0.1, 0.15) is 0 Å². The predicted molar refractivity (Wildman–Crippen MR) is 42.1 cm³/mol. The summed E-state index contributed by atoms with van der Waals surface area (Å²) in [6.07, 6.45) is 3.03. The lowest BCUT2D eigenvalue weighted by molar-refractivity contribution is 0.355. The van der Waals surface area contributed by atoms with Crippen LogP contribution in [0.5, 0.6) is 5.75 Å². The summed E-state index contributed by atoms with van der Waals surface area (Å²) in [6.45, 7) is 0. The second-order valence-corrected chi connectivity index (χ2v) is 2.37. The van der Waals surface area contributed by atoms with Crippen molar-refractivity contribution in [3.8, 4) is 17.2 Å². The zero-order valence-corrected chi connectivity index (χ0v) is 6.23. The summed E-state index contributed by atoms with van der Waals surface area (Å²) >= 11 is 0. The minimum absolute atomic E-state index is 0.0364. The quantitative estimate of drug-likeness (QED) is 0.643. The lowest BCUT2D eigenvalue weighted by Crippen LogP contribution is -1.74. The van der Waals surface area contributed by atoms with Gasteiger partial charge in [0.1, 0.15) is 6.26 Å². The molecule has 1 aromatic carbocycles. The van der Waals surface area contributed by atoms with Crippen molar-refractivity contribution in [2.75, 3.05) is 0 Å². The van der Waals surface area contributed by atoms with Crippen molar-refractivity contribution in [2.24, 2.45) is 0 Å². The molecule has 0 N–H and O–H groups in total. The summed E-state index contributed by atoms with van der Waals surface area (Å²) in [6, 6.07) is 6.45. The first kappa shape index (κ1) is 6.91. The van der Waals surface area contributed by atoms with Gasteiger partial charge in [-0.05, 0) is 18.2 Å². The molecule has 1 radical (unpaired) electrons. The summed E-state index contributed by atoms with van der Waals surface area (Å²) < 4.78 is 5.02. The van der Waals surface area contributed by atoms with Crippen molar-refractivity contribution < 1.29 is 9.52 Å². The van der Waals surface area contributed by atoms with Crippen LogP contribution in [-0.2, 0) is 5.11 Å². The van der Waals surface area contributed by atoms with Crippen LogP contribution in [0.2, 0.25) is 0 Å². The fourth-order valence-corrected chi connectivity index (χ4v) is 0.995. The van der Waals surface area contributed by atoms with Gasteiger partial charge in [-0.25, -0.2) is 4.98 Å². The third kappa shape index (κ3) is 1.16. The molecule has 0 fully saturated rings. The molecule has 3 heteroatoms. The second kappa shape index (κ2) is 2.70. The van der Waals surface area contributed by atoms with Gasteiger partial charge >= 0.3 is 0 Å². The summed E-state index contributed by atoms with van der Waals surface area (Å²) in [5.41, 5.74) is 0.715. The molecule has 0 spiro atoms. The van der Waals surface area contributed by atoms with Crippen LogP contribution in [0, 0.1) is 0 Å². The number of hydrogen-bond donors (Lipinski definition) is 0. The minimum Gasteiger partial charge on any atom is -0.445 e. The maximum absolute atomic E-state index is 10.9. The largest absolute Gasteiger partial charge is 0.445 e. The normalized spacial score (nSPS) is 10.0. The fraction of sp³-hybridized carbons (Fsp3) is 0. The van der Waals surface area contributed by atoms with Crippen LogP contribution >= 0.6 is 0 Å². The molecular formula is C9H6NO2. The van der Waals surface area contributed by atoms with Crippen molar-refractivity contribution in [3.05, 3.63) is 36.7 Å². The van der Waals surface area contributed by atoms with E-state index in [4.69, 9.17) is 4.42 Å². The number of oxazole rings is 1. The second-order valence-electron chi connectivity index (χ2n) is 2.37. The van der Waals surface area contributed by atoms with Crippen molar-refractivity contribution >= 4 is 0 Å². The molecule has 0 atom stereocenters. The first-order valence-electron chi connectivity index (χ1n) is 3.53. The monoisotopic (exact) mass is 160 g/mol. The highest BCUT2D eigenvalue weighted by atomic mass is 16.3. The van der Waals surface area contributed by atoms with Gasteiger partial charge in [0.25, 0.3) is 0 Å². The Labute approximate surface area is 69.3 Å². The third-order valence-electron chi connectivity index (χ3n) is 1.51. The van der Waals surface area contributed by atoms with Gasteiger partial charge in [0.05, 0.1) is 6.20 Å². The zero-order chi connectivity index (χ0) is 8.39. The molecule has 0 aliphatic rings. The molecule has 0 saturated heterocycles. The van der Waals surface area contributed by atoms with Gasteiger partial charge in [-0.2, -0.15) is 0 Å². The van der Waals surface area contributed by atoms with Crippen LogP contribution in [0.3, 0.4) is 0 Å². The number of nitrogens with zero attached hydrogens (tertiary/aromatic N) is 1. The Kier molecular flexibility index (Phi) is 1.55. The average Bonchev–Trinajstić information content (AvgIpc) is 2.56. The highest BCUT2D eigenvalue weighted by Gasteiger charge is 2.02. The standard InChI is InChI=1S/C9H6NO2/c11-8-3-1-2-7(6-8)9-10-4-5-12-9/h1-6H. The Morgan fingerprint density at radius 2 is 2.25 bits per heavy atom. The fourth-order valence-electron chi connectivity index (χ4n) is 0.995. The van der Waals surface area contributed by atoms with E-state index in [0.29, 0.717) is 11.5 Å². The molecule has 3 nitrogen and oxygen atoms in total. The molecule has 0 aliphatic carbocycles. The van der Waals surface area contributed by atoms with E-state index in [1.165, 1.54) is 18.4 Å². The Morgan fingerprint density at radius 1 is 1.33 bits per heavy atom. The smallest absolute Gasteiger partial charge is 0.225 e. The van der Waals surface area contributed by atoms with Crippen molar-refractivity contribution in [3.63, 3.8) is 0 Å². The average molecular weight is 160 g/mol. The Hall–Kier alpha value is -1.77. The SMILES string of the molecule is [O]c1cccc(-c2ncco2)c1. The number of hydrogen-bond acceptors (Lipinski definition) is 2. The maximum Gasteiger partial charge on any atom is 0.225 e. The summed E-state index contributed by atoms with van der Waals surface area (Å²) in [4.78, 5) is 3.92. The molecule has 0 unspecified atom stereocenters. The first-order valence-corrected chi connectivity index (χ1v) is 3.53. The molecule has 0 amide bonds. The summed E-state index contributed by atoms with van der Waals surface area (Å²) in [5.74, 6) is 0.443. The van der Waals surface area contributed by atoms with E-state index < -0.39 is 0 Å². The molecule has 0 saturated carbocycles. The van der Waals surface area contributed by atoms with Gasteiger partial charge in [-0.1, -0.05) is 6.07 Å². The van der Waals surface area contributed by atoms with E-state index in [1.54, 1.807) is 18.3 Å². The van der Waals surface area contributed by atoms with E-state index in [9.17, 15) is 5.11 Å². The van der Waals surface area contributed by atoms with Gasteiger partial charge in [-0.3, -0.25) is 5.11 Å². The summed E-state index contributed by atoms with van der Waals surface area (Å²) in [5, 5.41) is 10.9. The Bertz CT molecular complexity index is 368. The lowest BCUT2D eigenvalue weighted by Gasteiger charge is -1.92. The van der Waals surface area contributed by atoms with Gasteiger partial charge in [0.2, 0.25) is 5.89 Å². The highest BCUT2D eigenvalue weighted by molar-refractivity contribution is 5.55. The molecule has 12 heavy (non-hydrogen) atoms. The van der Waals surface area contributed by atoms with Gasteiger partial charge < -0.3 is 4.42 Å². The number of benzene rings is 1. The minimum atomic E-state index is -0.0364. The Balaban J connectivity index is 2.48. The molecule has 2 aromatic rings. The van der Waals surface area contributed by atoms with Crippen LogP contribution in [0.4, 0.5) is 0 Å². The summed E-state index contributed by atoms with van der Waals surface area (Å²) in [7, 11) is 0. The van der Waals surface area contributed by atoms with Crippen LogP contribution < -0.4 is 0 Å². The molecule has 0 aliphatic heterocycles. The molecule has 0 bridgehead atoms. The number of rotatable bonds is 1. The van der Waals surface area contributed by atoms with Gasteiger partial charge in [-0.15, -0.1) is 0 Å². The Morgan fingerprint density at radius 3 is 2.92 bits per heavy atom. The molecular weight excluding hydrogens is 154 g/mol. The van der Waals surface area contributed by atoms with E-state index in [0.717, 1.165) is 0 Å². The zero-order valence-electron chi connectivity index (χ0n) is 6.23. The number of aromatic nitrogens is 1. The van der Waals surface area contributed by atoms with E-state index in [1.807, 2.05) is 0 Å². The van der Waals surface area contributed by atoms with Gasteiger partial charge in [0, 0.05) is 5.56 Å². The van der Waals surface area contributed by atoms with Crippen molar-refractivity contribution in [2.45, 2.75) is 0 Å². The third-order valence-corrected chi connectivity index (χ3v) is 1.51. The van der Waals surface area contributed by atoms with E-state index >= 15 is 0 Å². The topological polar surface area (TPSA) is 45.9 Å². The lowest BCUT2D eigenvalue weighted by atomic mass is 10.2. The van der Waals surface area contributed by atoms with Crippen molar-refractivity contribution in [1.29, 1.82) is 0 Å². The van der Waals surface area contributed by atoms with E-state index in [-0.39, 0.29) is 5.75 Å². The molecule has 2 rings (SSSR count).